The first-order valence-electron chi connectivity index (χ1n) is 8.44. The van der Waals surface area contributed by atoms with Crippen LogP contribution in [0.15, 0.2) is 59.7 Å². The Morgan fingerprint density at radius 3 is 2.65 bits per heavy atom. The number of amides is 2. The zero-order valence-corrected chi connectivity index (χ0v) is 14.6. The highest BCUT2D eigenvalue weighted by Gasteiger charge is 2.31. The fourth-order valence-electron chi connectivity index (χ4n) is 2.95. The highest BCUT2D eigenvalue weighted by Crippen LogP contribution is 2.27. The van der Waals surface area contributed by atoms with Gasteiger partial charge in [-0.2, -0.15) is 5.10 Å². The summed E-state index contributed by atoms with van der Waals surface area (Å²) in [6, 6.07) is 17.2. The van der Waals surface area contributed by atoms with E-state index < -0.39 is 0 Å². The first-order valence-corrected chi connectivity index (χ1v) is 8.44. The summed E-state index contributed by atoms with van der Waals surface area (Å²) in [7, 11) is 1.60. The summed E-state index contributed by atoms with van der Waals surface area (Å²) in [6.07, 6.45) is 1.99. The van der Waals surface area contributed by atoms with E-state index in [1.54, 1.807) is 18.2 Å². The molecule has 2 aromatic rings. The first-order chi connectivity index (χ1) is 12.7. The molecule has 0 unspecified atom stereocenters. The minimum absolute atomic E-state index is 0.00635. The van der Waals surface area contributed by atoms with Gasteiger partial charge < -0.3 is 9.64 Å². The number of carbonyl (C=O) groups excluding carboxylic acids is 2. The number of nitrogens with one attached hydrogen (secondary N) is 1. The van der Waals surface area contributed by atoms with Crippen LogP contribution in [0.5, 0.6) is 5.75 Å². The highest BCUT2D eigenvalue weighted by molar-refractivity contribution is 5.87. The van der Waals surface area contributed by atoms with Crippen LogP contribution in [0, 0.1) is 0 Å². The van der Waals surface area contributed by atoms with Crippen LogP contribution in [-0.4, -0.2) is 43.1 Å². The first kappa shape index (κ1) is 17.7. The zero-order chi connectivity index (χ0) is 18.4. The number of methoxy groups -OCH3 is 1. The summed E-state index contributed by atoms with van der Waals surface area (Å²) in [4.78, 5) is 25.8. The van der Waals surface area contributed by atoms with Crippen molar-refractivity contribution in [3.63, 3.8) is 0 Å². The molecule has 1 saturated heterocycles. The second kappa shape index (κ2) is 8.29. The summed E-state index contributed by atoms with van der Waals surface area (Å²) < 4.78 is 5.09. The van der Waals surface area contributed by atoms with Gasteiger partial charge in [-0.3, -0.25) is 9.59 Å². The molecule has 6 nitrogen and oxygen atoms in total. The minimum atomic E-state index is -0.308. The number of likely N-dealkylation sites (tertiary alicyclic amines) is 1. The van der Waals surface area contributed by atoms with Crippen LogP contribution >= 0.6 is 0 Å². The van der Waals surface area contributed by atoms with Crippen molar-refractivity contribution >= 4 is 18.0 Å². The van der Waals surface area contributed by atoms with Crippen LogP contribution in [0.1, 0.15) is 23.5 Å². The molecule has 2 amide bonds. The molecule has 0 radical (unpaired) electrons. The van der Waals surface area contributed by atoms with Crippen molar-refractivity contribution in [2.24, 2.45) is 5.10 Å². The predicted molar refractivity (Wildman–Crippen MR) is 99.1 cm³/mol. The van der Waals surface area contributed by atoms with Crippen LogP contribution in [0.2, 0.25) is 0 Å². The Kier molecular flexibility index (Phi) is 5.63. The quantitative estimate of drug-likeness (QED) is 0.640. The van der Waals surface area contributed by atoms with Crippen LogP contribution in [-0.2, 0) is 9.59 Å². The Labute approximate surface area is 152 Å². The normalized spacial score (nSPS) is 16.9. The summed E-state index contributed by atoms with van der Waals surface area (Å²) in [5, 5.41) is 3.94. The molecule has 1 fully saturated rings. The van der Waals surface area contributed by atoms with Gasteiger partial charge in [0.25, 0.3) is 5.91 Å². The number of ether oxygens (including phenoxy) is 1. The number of hydrogen-bond acceptors (Lipinski definition) is 4. The third kappa shape index (κ3) is 4.47. The van der Waals surface area contributed by atoms with Gasteiger partial charge in [-0.1, -0.05) is 30.3 Å². The molecule has 26 heavy (non-hydrogen) atoms. The SMILES string of the molecule is COc1ccc(/C=N\NC(=O)CN2C[C@@H](c3ccccc3)CC2=O)cc1. The van der Waals surface area contributed by atoms with Crippen LogP contribution in [0.4, 0.5) is 0 Å². The average Bonchev–Trinajstić information content (AvgIpc) is 3.03. The van der Waals surface area contributed by atoms with Gasteiger partial charge in [0, 0.05) is 18.9 Å². The smallest absolute Gasteiger partial charge is 0.259 e. The van der Waals surface area contributed by atoms with Gasteiger partial charge in [0.1, 0.15) is 12.3 Å². The number of hydrazone groups is 1. The van der Waals surface area contributed by atoms with Crippen LogP contribution in [0.25, 0.3) is 0 Å². The zero-order valence-electron chi connectivity index (χ0n) is 14.6. The molecule has 1 atom stereocenters. The molecule has 0 saturated carbocycles. The van der Waals surface area contributed by atoms with Crippen LogP contribution in [0.3, 0.4) is 0 Å². The largest absolute Gasteiger partial charge is 0.497 e. The topological polar surface area (TPSA) is 71.0 Å². The maximum atomic E-state index is 12.1. The second-order valence-corrected chi connectivity index (χ2v) is 6.15. The lowest BCUT2D eigenvalue weighted by molar-refractivity contribution is -0.133. The third-order valence-electron chi connectivity index (χ3n) is 4.34. The van der Waals surface area contributed by atoms with Gasteiger partial charge in [-0.25, -0.2) is 5.43 Å². The lowest BCUT2D eigenvalue weighted by atomic mass is 9.99. The van der Waals surface area contributed by atoms with E-state index in [4.69, 9.17) is 4.74 Å². The number of rotatable bonds is 6. The van der Waals surface area contributed by atoms with Crippen molar-refractivity contribution in [3.05, 3.63) is 65.7 Å². The molecule has 0 bridgehead atoms. The van der Waals surface area contributed by atoms with E-state index in [2.05, 4.69) is 10.5 Å². The molecule has 1 aliphatic heterocycles. The van der Waals surface area contributed by atoms with Gasteiger partial charge in [0.2, 0.25) is 5.91 Å². The Balaban J connectivity index is 1.50. The Hall–Kier alpha value is -3.15. The number of nitrogens with zero attached hydrogens (tertiary/aromatic N) is 2. The maximum Gasteiger partial charge on any atom is 0.259 e. The minimum Gasteiger partial charge on any atom is -0.497 e. The second-order valence-electron chi connectivity index (χ2n) is 6.15. The van der Waals surface area contributed by atoms with Gasteiger partial charge in [0.15, 0.2) is 0 Å². The van der Waals surface area contributed by atoms with Crippen LogP contribution < -0.4 is 10.2 Å². The molecule has 134 valence electrons. The van der Waals surface area contributed by atoms with Crippen molar-refractivity contribution in [2.75, 3.05) is 20.2 Å². The fraction of sp³-hybridized carbons (Fsp3) is 0.250. The van der Waals surface area contributed by atoms with E-state index >= 15 is 0 Å². The number of hydrogen-bond donors (Lipinski definition) is 1. The van der Waals surface area contributed by atoms with Crippen molar-refractivity contribution < 1.29 is 14.3 Å². The molecule has 6 heteroatoms. The van der Waals surface area contributed by atoms with Gasteiger partial charge in [0.05, 0.1) is 13.3 Å². The van der Waals surface area contributed by atoms with Crippen molar-refractivity contribution in [1.29, 1.82) is 0 Å². The molecular weight excluding hydrogens is 330 g/mol. The van der Waals surface area contributed by atoms with Crippen molar-refractivity contribution in [2.45, 2.75) is 12.3 Å². The van der Waals surface area contributed by atoms with Crippen molar-refractivity contribution in [3.8, 4) is 5.75 Å². The highest BCUT2D eigenvalue weighted by atomic mass is 16.5. The van der Waals surface area contributed by atoms with E-state index in [0.29, 0.717) is 13.0 Å². The van der Waals surface area contributed by atoms with E-state index in [1.807, 2.05) is 54.6 Å². The monoisotopic (exact) mass is 351 g/mol. The maximum absolute atomic E-state index is 12.1. The molecule has 0 aromatic heterocycles. The summed E-state index contributed by atoms with van der Waals surface area (Å²) >= 11 is 0. The molecule has 1 N–H and O–H groups in total. The summed E-state index contributed by atoms with van der Waals surface area (Å²) in [5.41, 5.74) is 4.43. The average molecular weight is 351 g/mol. The van der Waals surface area contributed by atoms with E-state index in [0.717, 1.165) is 16.9 Å². The standard InChI is InChI=1S/C20H21N3O3/c1-26-18-9-7-15(8-10-18)12-21-22-19(24)14-23-13-17(11-20(23)25)16-5-3-2-4-6-16/h2-10,12,17H,11,13-14H2,1H3,(H,22,24)/b21-12-/t17-/m0/s1. The van der Waals surface area contributed by atoms with Gasteiger partial charge in [-0.15, -0.1) is 0 Å². The Bertz CT molecular complexity index is 788. The predicted octanol–water partition coefficient (Wildman–Crippen LogP) is 2.16. The van der Waals surface area contributed by atoms with Crippen molar-refractivity contribution in [1.82, 2.24) is 10.3 Å². The Morgan fingerprint density at radius 2 is 1.96 bits per heavy atom. The van der Waals surface area contributed by atoms with E-state index in [9.17, 15) is 9.59 Å². The lowest BCUT2D eigenvalue weighted by Gasteiger charge is -2.15. The van der Waals surface area contributed by atoms with E-state index in [1.165, 1.54) is 0 Å². The molecule has 2 aromatic carbocycles. The fourth-order valence-corrected chi connectivity index (χ4v) is 2.95. The lowest BCUT2D eigenvalue weighted by Crippen LogP contribution is -2.36. The molecule has 0 aliphatic carbocycles. The summed E-state index contributed by atoms with van der Waals surface area (Å²) in [6.45, 7) is 0.570. The Morgan fingerprint density at radius 1 is 1.23 bits per heavy atom. The summed E-state index contributed by atoms with van der Waals surface area (Å²) in [5.74, 6) is 0.580. The molecule has 1 heterocycles. The number of carbonyl (C=O) groups is 2. The number of benzene rings is 2. The molecule has 0 spiro atoms. The molecular formula is C20H21N3O3. The molecule has 1 aliphatic rings. The molecule has 3 rings (SSSR count). The van der Waals surface area contributed by atoms with E-state index in [-0.39, 0.29) is 24.3 Å². The van der Waals surface area contributed by atoms with Gasteiger partial charge >= 0.3 is 0 Å². The third-order valence-corrected chi connectivity index (χ3v) is 4.34. The van der Waals surface area contributed by atoms with Gasteiger partial charge in [-0.05, 0) is 35.4 Å².